The van der Waals surface area contributed by atoms with Gasteiger partial charge in [0.25, 0.3) is 0 Å². The SMILES string of the molecule is COc1c(C)ccc(NC(=O)CC2CNC2)c1C. The highest BCUT2D eigenvalue weighted by Gasteiger charge is 2.20. The van der Waals surface area contributed by atoms with Gasteiger partial charge in [-0.3, -0.25) is 4.79 Å². The summed E-state index contributed by atoms with van der Waals surface area (Å²) in [5.41, 5.74) is 2.91. The number of aryl methyl sites for hydroxylation is 1. The summed E-state index contributed by atoms with van der Waals surface area (Å²) < 4.78 is 5.35. The highest BCUT2D eigenvalue weighted by molar-refractivity contribution is 5.92. The second kappa shape index (κ2) is 5.40. The van der Waals surface area contributed by atoms with Crippen LogP contribution in [0.1, 0.15) is 17.5 Å². The molecule has 1 heterocycles. The van der Waals surface area contributed by atoms with Crippen LogP contribution in [0.2, 0.25) is 0 Å². The number of carbonyl (C=O) groups excluding carboxylic acids is 1. The largest absolute Gasteiger partial charge is 0.496 e. The van der Waals surface area contributed by atoms with Gasteiger partial charge in [0.2, 0.25) is 5.91 Å². The molecule has 1 saturated heterocycles. The molecule has 0 unspecified atom stereocenters. The van der Waals surface area contributed by atoms with E-state index in [0.29, 0.717) is 12.3 Å². The van der Waals surface area contributed by atoms with E-state index in [4.69, 9.17) is 4.74 Å². The molecule has 0 spiro atoms. The minimum Gasteiger partial charge on any atom is -0.496 e. The molecule has 0 bridgehead atoms. The highest BCUT2D eigenvalue weighted by atomic mass is 16.5. The van der Waals surface area contributed by atoms with E-state index in [1.807, 2.05) is 26.0 Å². The Morgan fingerprint density at radius 2 is 2.17 bits per heavy atom. The molecule has 0 radical (unpaired) electrons. The average Bonchev–Trinajstić information content (AvgIpc) is 2.28. The maximum Gasteiger partial charge on any atom is 0.224 e. The predicted octanol–water partition coefficient (Wildman–Crippen LogP) is 1.86. The molecule has 4 nitrogen and oxygen atoms in total. The van der Waals surface area contributed by atoms with Crippen LogP contribution in [0.3, 0.4) is 0 Å². The van der Waals surface area contributed by atoms with Crippen molar-refractivity contribution in [3.05, 3.63) is 23.3 Å². The molecule has 0 aromatic heterocycles. The first-order valence-electron chi connectivity index (χ1n) is 6.26. The minimum absolute atomic E-state index is 0.0792. The van der Waals surface area contributed by atoms with Crippen LogP contribution in [-0.4, -0.2) is 26.1 Å². The first kappa shape index (κ1) is 12.9. The van der Waals surface area contributed by atoms with Gasteiger partial charge in [0.05, 0.1) is 7.11 Å². The van der Waals surface area contributed by atoms with Crippen molar-refractivity contribution in [3.63, 3.8) is 0 Å². The van der Waals surface area contributed by atoms with Gasteiger partial charge in [0, 0.05) is 17.7 Å². The molecule has 1 aliphatic heterocycles. The molecule has 4 heteroatoms. The third kappa shape index (κ3) is 2.64. The first-order valence-corrected chi connectivity index (χ1v) is 6.26. The summed E-state index contributed by atoms with van der Waals surface area (Å²) in [5.74, 6) is 1.41. The molecule has 2 N–H and O–H groups in total. The first-order chi connectivity index (χ1) is 8.61. The number of ether oxygens (including phenoxy) is 1. The molecule has 2 rings (SSSR count). The molecule has 18 heavy (non-hydrogen) atoms. The summed E-state index contributed by atoms with van der Waals surface area (Å²) in [7, 11) is 1.65. The molecule has 1 aliphatic rings. The van der Waals surface area contributed by atoms with Crippen LogP contribution in [0.5, 0.6) is 5.75 Å². The van der Waals surface area contributed by atoms with E-state index in [-0.39, 0.29) is 5.91 Å². The number of benzene rings is 1. The monoisotopic (exact) mass is 248 g/mol. The smallest absolute Gasteiger partial charge is 0.224 e. The second-order valence-corrected chi connectivity index (χ2v) is 4.86. The lowest BCUT2D eigenvalue weighted by Crippen LogP contribution is -2.43. The summed E-state index contributed by atoms with van der Waals surface area (Å²) in [5, 5.41) is 6.13. The second-order valence-electron chi connectivity index (χ2n) is 4.86. The molecule has 1 aromatic carbocycles. The van der Waals surface area contributed by atoms with Crippen molar-refractivity contribution < 1.29 is 9.53 Å². The van der Waals surface area contributed by atoms with Crippen molar-refractivity contribution in [2.24, 2.45) is 5.92 Å². The number of hydrogen-bond acceptors (Lipinski definition) is 3. The fourth-order valence-corrected chi connectivity index (χ4v) is 2.23. The van der Waals surface area contributed by atoms with E-state index in [9.17, 15) is 4.79 Å². The average molecular weight is 248 g/mol. The van der Waals surface area contributed by atoms with E-state index in [1.54, 1.807) is 7.11 Å². The molecule has 98 valence electrons. The lowest BCUT2D eigenvalue weighted by atomic mass is 9.99. The molecule has 1 fully saturated rings. The zero-order valence-corrected chi connectivity index (χ0v) is 11.2. The Kier molecular flexibility index (Phi) is 3.87. The van der Waals surface area contributed by atoms with Crippen molar-refractivity contribution in [1.82, 2.24) is 5.32 Å². The Morgan fingerprint density at radius 3 is 2.72 bits per heavy atom. The highest BCUT2D eigenvalue weighted by Crippen LogP contribution is 2.29. The van der Waals surface area contributed by atoms with Gasteiger partial charge in [-0.25, -0.2) is 0 Å². The van der Waals surface area contributed by atoms with Crippen molar-refractivity contribution >= 4 is 11.6 Å². The fourth-order valence-electron chi connectivity index (χ4n) is 2.23. The standard InChI is InChI=1S/C14H20N2O2/c1-9-4-5-12(10(2)14(9)18-3)16-13(17)6-11-7-15-8-11/h4-5,11,15H,6-8H2,1-3H3,(H,16,17). The van der Waals surface area contributed by atoms with Crippen molar-refractivity contribution in [1.29, 1.82) is 0 Å². The molecule has 1 aromatic rings. The summed E-state index contributed by atoms with van der Waals surface area (Å²) in [6, 6.07) is 3.90. The Balaban J connectivity index is 2.06. The maximum absolute atomic E-state index is 11.9. The zero-order chi connectivity index (χ0) is 13.1. The van der Waals surface area contributed by atoms with Gasteiger partial charge in [-0.1, -0.05) is 6.07 Å². The third-order valence-corrected chi connectivity index (χ3v) is 3.42. The zero-order valence-electron chi connectivity index (χ0n) is 11.2. The number of carbonyl (C=O) groups is 1. The topological polar surface area (TPSA) is 50.4 Å². The fraction of sp³-hybridized carbons (Fsp3) is 0.500. The van der Waals surface area contributed by atoms with E-state index in [0.717, 1.165) is 35.7 Å². The number of anilines is 1. The van der Waals surface area contributed by atoms with Crippen LogP contribution in [0.4, 0.5) is 5.69 Å². The van der Waals surface area contributed by atoms with Crippen molar-refractivity contribution in [3.8, 4) is 5.75 Å². The summed E-state index contributed by atoms with van der Waals surface area (Å²) >= 11 is 0. The Morgan fingerprint density at radius 1 is 1.44 bits per heavy atom. The Labute approximate surface area is 108 Å². The van der Waals surface area contributed by atoms with E-state index in [1.165, 1.54) is 0 Å². The van der Waals surface area contributed by atoms with Crippen LogP contribution in [-0.2, 0) is 4.79 Å². The number of amides is 1. The van der Waals surface area contributed by atoms with E-state index < -0.39 is 0 Å². The molecular weight excluding hydrogens is 228 g/mol. The number of nitrogens with one attached hydrogen (secondary N) is 2. The molecule has 0 saturated carbocycles. The lowest BCUT2D eigenvalue weighted by Gasteiger charge is -2.26. The molecule has 0 atom stereocenters. The van der Waals surface area contributed by atoms with Crippen molar-refractivity contribution in [2.45, 2.75) is 20.3 Å². The quantitative estimate of drug-likeness (QED) is 0.855. The predicted molar refractivity (Wildman–Crippen MR) is 72.1 cm³/mol. The van der Waals surface area contributed by atoms with Gasteiger partial charge in [0.15, 0.2) is 0 Å². The van der Waals surface area contributed by atoms with Gasteiger partial charge in [-0.15, -0.1) is 0 Å². The van der Waals surface area contributed by atoms with Gasteiger partial charge in [-0.2, -0.15) is 0 Å². The van der Waals surface area contributed by atoms with E-state index in [2.05, 4.69) is 10.6 Å². The van der Waals surface area contributed by atoms with Gasteiger partial charge >= 0.3 is 0 Å². The summed E-state index contributed by atoms with van der Waals surface area (Å²) in [6.07, 6.45) is 0.586. The lowest BCUT2D eigenvalue weighted by molar-refractivity contribution is -0.117. The molecular formula is C14H20N2O2. The summed E-state index contributed by atoms with van der Waals surface area (Å²) in [6.45, 7) is 5.86. The number of rotatable bonds is 4. The maximum atomic E-state index is 11.9. The Bertz CT molecular complexity index is 453. The normalized spacial score (nSPS) is 15.1. The van der Waals surface area contributed by atoms with E-state index >= 15 is 0 Å². The van der Waals surface area contributed by atoms with Crippen LogP contribution in [0, 0.1) is 19.8 Å². The van der Waals surface area contributed by atoms with Gasteiger partial charge < -0.3 is 15.4 Å². The van der Waals surface area contributed by atoms with Gasteiger partial charge in [0.1, 0.15) is 5.75 Å². The van der Waals surface area contributed by atoms with Crippen LogP contribution < -0.4 is 15.4 Å². The molecule has 1 amide bonds. The molecule has 0 aliphatic carbocycles. The number of hydrogen-bond donors (Lipinski definition) is 2. The third-order valence-electron chi connectivity index (χ3n) is 3.42. The minimum atomic E-state index is 0.0792. The van der Waals surface area contributed by atoms with Crippen molar-refractivity contribution in [2.75, 3.05) is 25.5 Å². The summed E-state index contributed by atoms with van der Waals surface area (Å²) in [4.78, 5) is 11.9. The van der Waals surface area contributed by atoms with Crippen LogP contribution in [0.25, 0.3) is 0 Å². The van der Waals surface area contributed by atoms with Crippen LogP contribution in [0.15, 0.2) is 12.1 Å². The van der Waals surface area contributed by atoms with Crippen LogP contribution >= 0.6 is 0 Å². The number of methoxy groups -OCH3 is 1. The van der Waals surface area contributed by atoms with Gasteiger partial charge in [-0.05, 0) is 44.5 Å². The Hall–Kier alpha value is -1.55.